The Morgan fingerprint density at radius 3 is 1.48 bits per heavy atom. The summed E-state index contributed by atoms with van der Waals surface area (Å²) >= 11 is 0. The van der Waals surface area contributed by atoms with Crippen molar-refractivity contribution in [2.75, 3.05) is 6.66 Å². The highest BCUT2D eigenvalue weighted by Crippen LogP contribution is 2.47. The summed E-state index contributed by atoms with van der Waals surface area (Å²) in [6.07, 6.45) is 3.61. The molecule has 8 heteroatoms. The summed E-state index contributed by atoms with van der Waals surface area (Å²) in [6.45, 7) is 1.12. The summed E-state index contributed by atoms with van der Waals surface area (Å²) in [6, 6.07) is 8.13. The molecule has 33 heavy (non-hydrogen) atoms. The maximum Gasteiger partial charge on any atom is 0.427 e. The minimum Gasteiger partial charge on any atom is -0.413 e. The molecule has 0 aliphatic heterocycles. The van der Waals surface area contributed by atoms with Crippen molar-refractivity contribution >= 4 is 7.60 Å². The van der Waals surface area contributed by atoms with Gasteiger partial charge in [-0.25, -0.2) is 22.1 Å². The number of hydrogen-bond acceptors (Lipinski definition) is 3. The molecule has 180 valence electrons. The second-order valence-electron chi connectivity index (χ2n) is 9.15. The van der Waals surface area contributed by atoms with Crippen molar-refractivity contribution in [2.24, 2.45) is 0 Å². The van der Waals surface area contributed by atoms with Gasteiger partial charge in [0.05, 0.1) is 6.66 Å². The maximum absolute atomic E-state index is 14.6. The molecule has 4 atom stereocenters. The average molecular weight is 484 g/mol. The van der Waals surface area contributed by atoms with Gasteiger partial charge in [-0.3, -0.25) is 0 Å². The molecule has 3 nitrogen and oxygen atoms in total. The van der Waals surface area contributed by atoms with Gasteiger partial charge in [0.25, 0.3) is 0 Å². The Balaban J connectivity index is 1.45. The minimum atomic E-state index is -3.94. The molecule has 2 aromatic carbocycles. The smallest absolute Gasteiger partial charge is 0.413 e. The zero-order valence-corrected chi connectivity index (χ0v) is 19.5. The molecule has 0 radical (unpaired) electrons. The lowest BCUT2D eigenvalue weighted by Crippen LogP contribution is -2.18. The Bertz CT molecular complexity index is 953. The number of halogens is 4. The lowest BCUT2D eigenvalue weighted by atomic mass is 9.82. The van der Waals surface area contributed by atoms with E-state index in [2.05, 4.69) is 0 Å². The average Bonchev–Trinajstić information content (AvgIpc) is 2.77. The first-order valence-electron chi connectivity index (χ1n) is 11.6. The molecule has 4 unspecified atom stereocenters. The van der Waals surface area contributed by atoms with Crippen LogP contribution in [0.1, 0.15) is 74.3 Å². The van der Waals surface area contributed by atoms with E-state index in [0.29, 0.717) is 36.8 Å². The van der Waals surface area contributed by atoms with E-state index in [4.69, 9.17) is 9.05 Å². The first-order chi connectivity index (χ1) is 15.7. The fraction of sp³-hybridized carbons (Fsp3) is 0.520. The summed E-state index contributed by atoms with van der Waals surface area (Å²) in [5, 5.41) is 0. The summed E-state index contributed by atoms with van der Waals surface area (Å²) in [4.78, 5) is 0. The Morgan fingerprint density at radius 1 is 0.727 bits per heavy atom. The molecular formula is C25H29F4O3P. The van der Waals surface area contributed by atoms with Crippen LogP contribution in [0.2, 0.25) is 0 Å². The topological polar surface area (TPSA) is 35.5 Å². The van der Waals surface area contributed by atoms with Crippen LogP contribution in [0.3, 0.4) is 0 Å². The second-order valence-corrected chi connectivity index (χ2v) is 11.1. The van der Waals surface area contributed by atoms with Crippen molar-refractivity contribution < 1.29 is 31.2 Å². The zero-order valence-electron chi connectivity index (χ0n) is 18.6. The molecule has 2 aliphatic rings. The SMILES string of the molecule is CP(=O)(Oc1ccc(C2CCCCC2F)cc1F)Oc1ccc(C2CCCCC2F)cc1F. The van der Waals surface area contributed by atoms with Crippen LogP contribution in [0, 0.1) is 11.6 Å². The highest BCUT2D eigenvalue weighted by atomic mass is 31.2. The minimum absolute atomic E-state index is 0.310. The lowest BCUT2D eigenvalue weighted by molar-refractivity contribution is 0.216. The van der Waals surface area contributed by atoms with E-state index in [1.54, 1.807) is 12.1 Å². The van der Waals surface area contributed by atoms with Crippen LogP contribution in [0.5, 0.6) is 11.5 Å². The number of rotatable bonds is 6. The van der Waals surface area contributed by atoms with E-state index in [1.807, 2.05) is 0 Å². The largest absolute Gasteiger partial charge is 0.427 e. The highest BCUT2D eigenvalue weighted by Gasteiger charge is 2.30. The second kappa shape index (κ2) is 10.1. The van der Waals surface area contributed by atoms with E-state index in [9.17, 15) is 22.1 Å². The van der Waals surface area contributed by atoms with E-state index in [-0.39, 0.29) is 23.3 Å². The normalized spacial score (nSPS) is 27.5. The van der Waals surface area contributed by atoms with Crippen molar-refractivity contribution in [2.45, 2.75) is 75.5 Å². The van der Waals surface area contributed by atoms with Gasteiger partial charge in [0.2, 0.25) is 0 Å². The van der Waals surface area contributed by atoms with Crippen molar-refractivity contribution in [1.29, 1.82) is 0 Å². The van der Waals surface area contributed by atoms with E-state index >= 15 is 0 Å². The first-order valence-corrected chi connectivity index (χ1v) is 13.6. The van der Waals surface area contributed by atoms with Crippen LogP contribution >= 0.6 is 7.60 Å². The molecule has 2 saturated carbocycles. The molecule has 2 fully saturated rings. The lowest BCUT2D eigenvalue weighted by Gasteiger charge is -2.27. The third-order valence-corrected chi connectivity index (χ3v) is 7.72. The maximum atomic E-state index is 14.6. The Hall–Kier alpha value is -2.01. The van der Waals surface area contributed by atoms with Gasteiger partial charge in [-0.1, -0.05) is 37.8 Å². The van der Waals surface area contributed by atoms with E-state index in [0.717, 1.165) is 32.3 Å². The third-order valence-electron chi connectivity index (χ3n) is 6.66. The van der Waals surface area contributed by atoms with Crippen molar-refractivity contribution in [3.05, 3.63) is 59.2 Å². The Morgan fingerprint density at radius 2 is 1.12 bits per heavy atom. The molecule has 4 rings (SSSR count). The van der Waals surface area contributed by atoms with Crippen LogP contribution in [0.4, 0.5) is 17.6 Å². The summed E-state index contributed by atoms with van der Waals surface area (Å²) in [5.41, 5.74) is 1.07. The molecule has 0 spiro atoms. The fourth-order valence-corrected chi connectivity index (χ4v) is 5.99. The van der Waals surface area contributed by atoms with Crippen LogP contribution in [-0.4, -0.2) is 19.0 Å². The molecule has 0 heterocycles. The highest BCUT2D eigenvalue weighted by molar-refractivity contribution is 7.53. The van der Waals surface area contributed by atoms with Crippen molar-refractivity contribution in [3.8, 4) is 11.5 Å². The van der Waals surface area contributed by atoms with Gasteiger partial charge < -0.3 is 9.05 Å². The van der Waals surface area contributed by atoms with Gasteiger partial charge in [-0.2, -0.15) is 0 Å². The third kappa shape index (κ3) is 5.74. The van der Waals surface area contributed by atoms with Crippen LogP contribution in [0.15, 0.2) is 36.4 Å². The molecule has 2 aliphatic carbocycles. The van der Waals surface area contributed by atoms with Gasteiger partial charge in [0, 0.05) is 11.8 Å². The predicted molar refractivity (Wildman–Crippen MR) is 120 cm³/mol. The number of hydrogen-bond donors (Lipinski definition) is 0. The van der Waals surface area contributed by atoms with Crippen molar-refractivity contribution in [1.82, 2.24) is 0 Å². The van der Waals surface area contributed by atoms with Gasteiger partial charge in [-0.15, -0.1) is 0 Å². The Kier molecular flexibility index (Phi) is 7.37. The molecule has 0 saturated heterocycles. The Labute approximate surface area is 192 Å². The summed E-state index contributed by atoms with van der Waals surface area (Å²) < 4.78 is 81.1. The van der Waals surface area contributed by atoms with Gasteiger partial charge in [0.15, 0.2) is 23.1 Å². The molecule has 2 aromatic rings. The van der Waals surface area contributed by atoms with Gasteiger partial charge in [0.1, 0.15) is 12.3 Å². The summed E-state index contributed by atoms with van der Waals surface area (Å²) in [7, 11) is -3.94. The molecule has 0 amide bonds. The van der Waals surface area contributed by atoms with E-state index < -0.39 is 31.6 Å². The van der Waals surface area contributed by atoms with Crippen LogP contribution in [-0.2, 0) is 4.57 Å². The molecule has 0 aromatic heterocycles. The standard InChI is InChI=1S/C25H29F4O3P/c1-33(30,31-24-12-10-16(14-22(24)28)18-6-2-4-8-20(18)26)32-25-13-11-17(15-23(25)29)19-7-3-5-9-21(19)27/h10-15,18-21H,2-9H2,1H3. The fourth-order valence-electron chi connectivity index (χ4n) is 4.94. The number of benzene rings is 2. The van der Waals surface area contributed by atoms with Gasteiger partial charge >= 0.3 is 7.60 Å². The quantitative estimate of drug-likeness (QED) is 0.306. The molecular weight excluding hydrogens is 455 g/mol. The molecule has 0 bridgehead atoms. The zero-order chi connectivity index (χ0) is 23.6. The van der Waals surface area contributed by atoms with Crippen LogP contribution in [0.25, 0.3) is 0 Å². The molecule has 0 N–H and O–H groups in total. The van der Waals surface area contributed by atoms with Crippen molar-refractivity contribution in [3.63, 3.8) is 0 Å². The van der Waals surface area contributed by atoms with Gasteiger partial charge in [-0.05, 0) is 61.1 Å². The predicted octanol–water partition coefficient (Wildman–Crippen LogP) is 8.24. The monoisotopic (exact) mass is 484 g/mol. The van der Waals surface area contributed by atoms with Crippen LogP contribution < -0.4 is 9.05 Å². The summed E-state index contributed by atoms with van der Waals surface area (Å²) in [5.74, 6) is -2.91. The first kappa shape index (κ1) is 24.1. The van der Waals surface area contributed by atoms with E-state index in [1.165, 1.54) is 24.3 Å². The number of alkyl halides is 2.